The lowest BCUT2D eigenvalue weighted by molar-refractivity contribution is -0.121. The van der Waals surface area contributed by atoms with Crippen molar-refractivity contribution >= 4 is 23.2 Å². The lowest BCUT2D eigenvalue weighted by Gasteiger charge is -2.24. The highest BCUT2D eigenvalue weighted by Gasteiger charge is 2.26. The zero-order valence-corrected chi connectivity index (χ0v) is 13.8. The number of benzene rings is 2. The maximum Gasteiger partial charge on any atom is 0.227 e. The van der Waals surface area contributed by atoms with Crippen LogP contribution in [0, 0.1) is 5.92 Å². The van der Waals surface area contributed by atoms with Gasteiger partial charge in [-0.25, -0.2) is 0 Å². The summed E-state index contributed by atoms with van der Waals surface area (Å²) in [6, 6.07) is 15.6. The van der Waals surface area contributed by atoms with Gasteiger partial charge < -0.3 is 10.6 Å². The number of anilines is 2. The molecule has 0 aromatic heterocycles. The van der Waals surface area contributed by atoms with Gasteiger partial charge in [-0.05, 0) is 42.5 Å². The number of amides is 2. The molecule has 0 bridgehead atoms. The Morgan fingerprint density at radius 3 is 2.75 bits per heavy atom. The molecule has 1 atom stereocenters. The fraction of sp³-hybridized carbons (Fsp3) is 0.300. The summed E-state index contributed by atoms with van der Waals surface area (Å²) in [5, 5.41) is 5.90. The second kappa shape index (κ2) is 7.30. The van der Waals surface area contributed by atoms with Crippen molar-refractivity contribution in [3.8, 4) is 0 Å². The van der Waals surface area contributed by atoms with Crippen molar-refractivity contribution in [3.05, 3.63) is 59.7 Å². The second-order valence-electron chi connectivity index (χ2n) is 6.14. The molecule has 0 spiro atoms. The van der Waals surface area contributed by atoms with E-state index in [1.165, 1.54) is 0 Å². The van der Waals surface area contributed by atoms with Gasteiger partial charge in [0.2, 0.25) is 11.8 Å². The molecule has 4 heteroatoms. The van der Waals surface area contributed by atoms with Crippen LogP contribution in [0.4, 0.5) is 11.4 Å². The molecule has 124 valence electrons. The normalized spacial score (nSPS) is 16.2. The van der Waals surface area contributed by atoms with E-state index in [4.69, 9.17) is 0 Å². The van der Waals surface area contributed by atoms with Crippen molar-refractivity contribution in [1.29, 1.82) is 0 Å². The van der Waals surface area contributed by atoms with Crippen LogP contribution < -0.4 is 10.6 Å². The van der Waals surface area contributed by atoms with Crippen LogP contribution in [0.25, 0.3) is 0 Å². The molecule has 4 nitrogen and oxygen atoms in total. The molecule has 0 fully saturated rings. The number of hydrogen-bond donors (Lipinski definition) is 2. The first kappa shape index (κ1) is 16.2. The van der Waals surface area contributed by atoms with E-state index in [0.717, 1.165) is 28.9 Å². The van der Waals surface area contributed by atoms with Gasteiger partial charge >= 0.3 is 0 Å². The minimum Gasteiger partial charge on any atom is -0.326 e. The SMILES string of the molecule is CCc1ccccc1NC(=O)CCC1Cc2ccccc2NC1=O. The average molecular weight is 322 g/mol. The van der Waals surface area contributed by atoms with E-state index in [2.05, 4.69) is 17.6 Å². The second-order valence-corrected chi connectivity index (χ2v) is 6.14. The van der Waals surface area contributed by atoms with E-state index in [1.807, 2.05) is 48.5 Å². The van der Waals surface area contributed by atoms with Gasteiger partial charge in [0.25, 0.3) is 0 Å². The van der Waals surface area contributed by atoms with E-state index in [-0.39, 0.29) is 17.7 Å². The molecule has 1 aliphatic rings. The van der Waals surface area contributed by atoms with Gasteiger partial charge in [-0.2, -0.15) is 0 Å². The number of para-hydroxylation sites is 2. The van der Waals surface area contributed by atoms with Crippen LogP contribution in [0.5, 0.6) is 0 Å². The zero-order valence-electron chi connectivity index (χ0n) is 13.8. The summed E-state index contributed by atoms with van der Waals surface area (Å²) in [5.74, 6) is -0.176. The summed E-state index contributed by atoms with van der Waals surface area (Å²) in [7, 11) is 0. The van der Waals surface area contributed by atoms with Crippen molar-refractivity contribution in [2.45, 2.75) is 32.6 Å². The van der Waals surface area contributed by atoms with Crippen molar-refractivity contribution in [2.75, 3.05) is 10.6 Å². The predicted molar refractivity (Wildman–Crippen MR) is 95.9 cm³/mol. The molecule has 1 heterocycles. The first-order valence-corrected chi connectivity index (χ1v) is 8.44. The van der Waals surface area contributed by atoms with Gasteiger partial charge in [-0.3, -0.25) is 9.59 Å². The lowest BCUT2D eigenvalue weighted by atomic mass is 9.89. The van der Waals surface area contributed by atoms with Gasteiger partial charge in [0.05, 0.1) is 0 Å². The molecule has 0 radical (unpaired) electrons. The van der Waals surface area contributed by atoms with Crippen LogP contribution in [0.15, 0.2) is 48.5 Å². The third-order valence-corrected chi connectivity index (χ3v) is 4.50. The summed E-state index contributed by atoms with van der Waals surface area (Å²) >= 11 is 0. The summed E-state index contributed by atoms with van der Waals surface area (Å²) in [6.45, 7) is 2.06. The fourth-order valence-corrected chi connectivity index (χ4v) is 3.11. The van der Waals surface area contributed by atoms with Crippen molar-refractivity contribution in [3.63, 3.8) is 0 Å². The summed E-state index contributed by atoms with van der Waals surface area (Å²) in [5.41, 5.74) is 4.01. The Labute approximate surface area is 142 Å². The molecule has 2 aromatic rings. The predicted octanol–water partition coefficient (Wildman–Crippen LogP) is 3.78. The first-order valence-electron chi connectivity index (χ1n) is 8.44. The van der Waals surface area contributed by atoms with Gasteiger partial charge in [-0.1, -0.05) is 43.3 Å². The van der Waals surface area contributed by atoms with E-state index in [1.54, 1.807) is 0 Å². The molecule has 0 saturated heterocycles. The molecule has 3 rings (SSSR count). The molecule has 0 aliphatic carbocycles. The average Bonchev–Trinajstić information content (AvgIpc) is 2.60. The fourth-order valence-electron chi connectivity index (χ4n) is 3.11. The van der Waals surface area contributed by atoms with E-state index < -0.39 is 0 Å². The minimum atomic E-state index is -0.146. The Balaban J connectivity index is 1.58. The lowest BCUT2D eigenvalue weighted by Crippen LogP contribution is -2.30. The van der Waals surface area contributed by atoms with Gasteiger partial charge in [-0.15, -0.1) is 0 Å². The van der Waals surface area contributed by atoms with E-state index >= 15 is 0 Å². The summed E-state index contributed by atoms with van der Waals surface area (Å²) in [6.07, 6.45) is 2.47. The van der Waals surface area contributed by atoms with Crippen molar-refractivity contribution < 1.29 is 9.59 Å². The maximum absolute atomic E-state index is 12.2. The number of fused-ring (bicyclic) bond motifs is 1. The molecule has 1 aliphatic heterocycles. The molecular weight excluding hydrogens is 300 g/mol. The largest absolute Gasteiger partial charge is 0.326 e. The number of carbonyl (C=O) groups is 2. The zero-order chi connectivity index (χ0) is 16.9. The number of hydrogen-bond acceptors (Lipinski definition) is 2. The topological polar surface area (TPSA) is 58.2 Å². The molecule has 2 aromatic carbocycles. The quantitative estimate of drug-likeness (QED) is 0.880. The number of nitrogens with one attached hydrogen (secondary N) is 2. The van der Waals surface area contributed by atoms with E-state index in [9.17, 15) is 9.59 Å². The Morgan fingerprint density at radius 2 is 1.92 bits per heavy atom. The summed E-state index contributed by atoms with van der Waals surface area (Å²) < 4.78 is 0. The first-order chi connectivity index (χ1) is 11.7. The Hall–Kier alpha value is -2.62. The maximum atomic E-state index is 12.2. The molecule has 0 saturated carbocycles. The molecule has 2 N–H and O–H groups in total. The highest BCUT2D eigenvalue weighted by Crippen LogP contribution is 2.27. The minimum absolute atomic E-state index is 0.00968. The third kappa shape index (κ3) is 3.65. The number of carbonyl (C=O) groups excluding carboxylic acids is 2. The van der Waals surface area contributed by atoms with Crippen molar-refractivity contribution in [2.24, 2.45) is 5.92 Å². The Morgan fingerprint density at radius 1 is 1.17 bits per heavy atom. The van der Waals surface area contributed by atoms with Crippen LogP contribution in [0.2, 0.25) is 0 Å². The molecule has 1 unspecified atom stereocenters. The monoisotopic (exact) mass is 322 g/mol. The molecule has 24 heavy (non-hydrogen) atoms. The highest BCUT2D eigenvalue weighted by atomic mass is 16.2. The van der Waals surface area contributed by atoms with Crippen LogP contribution in [0.1, 0.15) is 30.9 Å². The molecular formula is C20H22N2O2. The number of aryl methyl sites for hydroxylation is 1. The standard InChI is InChI=1S/C20H22N2O2/c1-2-14-7-3-5-9-17(14)21-19(23)12-11-16-13-15-8-4-6-10-18(15)22-20(16)24/h3-10,16H,2,11-13H2,1H3,(H,21,23)(H,22,24). The van der Waals surface area contributed by atoms with Crippen molar-refractivity contribution in [1.82, 2.24) is 0 Å². The van der Waals surface area contributed by atoms with Crippen LogP contribution in [-0.2, 0) is 22.4 Å². The summed E-state index contributed by atoms with van der Waals surface area (Å²) in [4.78, 5) is 24.4. The van der Waals surface area contributed by atoms with Gasteiger partial charge in [0.1, 0.15) is 0 Å². The smallest absolute Gasteiger partial charge is 0.227 e. The van der Waals surface area contributed by atoms with Crippen LogP contribution >= 0.6 is 0 Å². The Kier molecular flexibility index (Phi) is 4.94. The third-order valence-electron chi connectivity index (χ3n) is 4.50. The number of rotatable bonds is 5. The van der Waals surface area contributed by atoms with Gasteiger partial charge in [0, 0.05) is 23.7 Å². The van der Waals surface area contributed by atoms with Crippen LogP contribution in [-0.4, -0.2) is 11.8 Å². The molecule has 2 amide bonds. The van der Waals surface area contributed by atoms with Crippen LogP contribution in [0.3, 0.4) is 0 Å². The Bertz CT molecular complexity index is 755. The van der Waals surface area contributed by atoms with Gasteiger partial charge in [0.15, 0.2) is 0 Å². The highest BCUT2D eigenvalue weighted by molar-refractivity contribution is 5.96. The van der Waals surface area contributed by atoms with E-state index in [0.29, 0.717) is 19.3 Å².